The van der Waals surface area contributed by atoms with Crippen molar-refractivity contribution in [2.45, 2.75) is 374 Å². The topological polar surface area (TPSA) is 0 Å². The maximum absolute atomic E-state index is 2.42. The Balaban J connectivity index is -0.000000119. The molecule has 0 heteroatoms. The van der Waals surface area contributed by atoms with Crippen molar-refractivity contribution in [1.29, 1.82) is 0 Å². The lowest BCUT2D eigenvalue weighted by Gasteiger charge is -2.32. The zero-order chi connectivity index (χ0) is 54.1. The van der Waals surface area contributed by atoms with Gasteiger partial charge in [-0.3, -0.25) is 0 Å². The minimum absolute atomic E-state index is 0.500. The summed E-state index contributed by atoms with van der Waals surface area (Å²) in [5.74, 6) is 6.83. The molecule has 5 saturated carbocycles. The van der Waals surface area contributed by atoms with Crippen LogP contribution < -0.4 is 0 Å². The third-order valence-corrected chi connectivity index (χ3v) is 14.2. The third kappa shape index (κ3) is 83.2. The molecule has 0 N–H and O–H groups in total. The van der Waals surface area contributed by atoms with E-state index in [2.05, 4.69) is 173 Å². The first kappa shape index (κ1) is 81.1. The summed E-state index contributed by atoms with van der Waals surface area (Å²) in [4.78, 5) is 0. The summed E-state index contributed by atoms with van der Waals surface area (Å²) < 4.78 is 0. The van der Waals surface area contributed by atoms with Gasteiger partial charge in [-0.15, -0.1) is 0 Å². The standard InChI is InChI=1S/C9H18.C8H16.2C7H14.C6H12.2C6H14.2C5H12.C4H10.2C2H6/c1-8-4-6-9(2,3)7-5-8;1-3-8(2)6-4-5-7-8;1-7-5-3-2-4-6-7;1-2-7-5-3-4-6-7;1-6-4-2-3-5-6;1-5-6(2,3)4;1-4-6(3)5-2;1-5(2,3)4;1-4-5(2)3;1-4(2)3;2*1-2/h8H,4-7H2,1-3H3;3-7H2,1-2H3;2*7H,2-6H2,1H3;6H,2-5H2,1H3;5H2,1-4H3;6H,4-5H2,1-3H3;1-4H3;5H,4H2,1-3H3;4H,1-3H3;2*1-2H3. The van der Waals surface area contributed by atoms with Gasteiger partial charge in [-0.25, -0.2) is 0 Å². The lowest BCUT2D eigenvalue weighted by molar-refractivity contribution is 0.201. The lowest BCUT2D eigenvalue weighted by atomic mass is 9.74. The molecule has 5 aliphatic carbocycles. The first-order valence-electron chi connectivity index (χ1n) is 31.0. The quantitative estimate of drug-likeness (QED) is 0.258. The van der Waals surface area contributed by atoms with Crippen molar-refractivity contribution in [3.8, 4) is 0 Å². The second-order valence-corrected chi connectivity index (χ2v) is 26.8. The molecule has 5 fully saturated rings. The van der Waals surface area contributed by atoms with Gasteiger partial charge in [0.15, 0.2) is 0 Å². The first-order valence-corrected chi connectivity index (χ1v) is 31.0. The Hall–Kier alpha value is 0. The van der Waals surface area contributed by atoms with Crippen molar-refractivity contribution in [2.75, 3.05) is 0 Å². The van der Waals surface area contributed by atoms with E-state index in [1.165, 1.54) is 173 Å². The molecule has 5 rings (SSSR count). The van der Waals surface area contributed by atoms with Gasteiger partial charge in [-0.2, -0.15) is 0 Å². The summed E-state index contributed by atoms with van der Waals surface area (Å²) in [6.45, 7) is 64.4. The van der Waals surface area contributed by atoms with E-state index in [1.807, 2.05) is 27.7 Å². The largest absolute Gasteiger partial charge is 0.0683 e. The Morgan fingerprint density at radius 3 is 0.836 bits per heavy atom. The van der Waals surface area contributed by atoms with Crippen LogP contribution in [0.2, 0.25) is 0 Å². The van der Waals surface area contributed by atoms with E-state index in [9.17, 15) is 0 Å². The molecular formula is C67H148. The lowest BCUT2D eigenvalue weighted by Crippen LogP contribution is -2.19. The molecule has 0 nitrogen and oxygen atoms in total. The minimum atomic E-state index is 0.500. The highest BCUT2D eigenvalue weighted by Gasteiger charge is 2.26. The van der Waals surface area contributed by atoms with Crippen LogP contribution in [-0.2, 0) is 0 Å². The molecule has 0 aliphatic heterocycles. The van der Waals surface area contributed by atoms with Crippen LogP contribution in [0.3, 0.4) is 0 Å². The molecule has 0 aromatic heterocycles. The van der Waals surface area contributed by atoms with Gasteiger partial charge in [0.2, 0.25) is 0 Å². The highest BCUT2D eigenvalue weighted by molar-refractivity contribution is 4.78. The number of hydrogen-bond donors (Lipinski definition) is 0. The van der Waals surface area contributed by atoms with Gasteiger partial charge in [0, 0.05) is 0 Å². The smallest absolute Gasteiger partial charge is 0.0328 e. The highest BCUT2D eigenvalue weighted by atomic mass is 14.3. The molecule has 0 unspecified atom stereocenters. The fourth-order valence-corrected chi connectivity index (χ4v) is 7.27. The van der Waals surface area contributed by atoms with Gasteiger partial charge in [0.25, 0.3) is 0 Å². The van der Waals surface area contributed by atoms with Gasteiger partial charge in [-0.05, 0) is 88.8 Å². The van der Waals surface area contributed by atoms with Crippen LogP contribution in [0.1, 0.15) is 374 Å². The molecule has 0 amide bonds. The predicted molar refractivity (Wildman–Crippen MR) is 323 cm³/mol. The maximum Gasteiger partial charge on any atom is -0.0328 e. The molecule has 0 heterocycles. The fourth-order valence-electron chi connectivity index (χ4n) is 7.27. The molecule has 416 valence electrons. The van der Waals surface area contributed by atoms with E-state index in [0.717, 1.165) is 46.8 Å². The number of rotatable bonds is 5. The SMILES string of the molecule is CC.CC.CC(C)(C)C.CC(C)C.CC1CCC(C)(C)CC1.CC1CCCC1.CC1CCCCC1.CCC(C)(C)C.CCC(C)C.CCC(C)CC.CCC1(C)CCCC1.CCC1CCCC1. The molecule has 0 atom stereocenters. The van der Waals surface area contributed by atoms with Crippen LogP contribution in [-0.4, -0.2) is 0 Å². The summed E-state index contributed by atoms with van der Waals surface area (Å²) in [5.41, 5.74) is 2.44. The van der Waals surface area contributed by atoms with Gasteiger partial charge in [0.05, 0.1) is 0 Å². The Morgan fingerprint density at radius 1 is 0.433 bits per heavy atom. The van der Waals surface area contributed by atoms with Crippen LogP contribution in [0, 0.1) is 63.1 Å². The van der Waals surface area contributed by atoms with Crippen LogP contribution in [0.25, 0.3) is 0 Å². The van der Waals surface area contributed by atoms with E-state index in [4.69, 9.17) is 0 Å². The van der Waals surface area contributed by atoms with E-state index in [0.29, 0.717) is 16.2 Å². The summed E-state index contributed by atoms with van der Waals surface area (Å²) in [5, 5.41) is 0. The van der Waals surface area contributed by atoms with Gasteiger partial charge in [0.1, 0.15) is 0 Å². The van der Waals surface area contributed by atoms with Crippen molar-refractivity contribution < 1.29 is 0 Å². The van der Waals surface area contributed by atoms with Gasteiger partial charge >= 0.3 is 0 Å². The second-order valence-electron chi connectivity index (χ2n) is 26.8. The van der Waals surface area contributed by atoms with Crippen molar-refractivity contribution in [3.63, 3.8) is 0 Å². The van der Waals surface area contributed by atoms with Crippen LogP contribution in [0.15, 0.2) is 0 Å². The van der Waals surface area contributed by atoms with Crippen molar-refractivity contribution in [3.05, 3.63) is 0 Å². The summed E-state index contributed by atoms with van der Waals surface area (Å²) in [7, 11) is 0. The molecule has 0 bridgehead atoms. The zero-order valence-electron chi connectivity index (χ0n) is 54.1. The second kappa shape index (κ2) is 53.8. The molecule has 5 aliphatic rings. The monoisotopic (exact) mass is 953 g/mol. The fraction of sp³-hybridized carbons (Fsp3) is 1.00. The molecule has 0 aromatic rings. The zero-order valence-corrected chi connectivity index (χ0v) is 54.1. The van der Waals surface area contributed by atoms with Crippen LogP contribution in [0.4, 0.5) is 0 Å². The van der Waals surface area contributed by atoms with Crippen LogP contribution in [0.5, 0.6) is 0 Å². The van der Waals surface area contributed by atoms with Gasteiger partial charge in [-0.1, -0.05) is 348 Å². The van der Waals surface area contributed by atoms with E-state index in [-0.39, 0.29) is 0 Å². The van der Waals surface area contributed by atoms with Gasteiger partial charge < -0.3 is 0 Å². The average molecular weight is 954 g/mol. The average Bonchev–Trinajstić information content (AvgIpc) is 4.09. The van der Waals surface area contributed by atoms with Crippen molar-refractivity contribution in [1.82, 2.24) is 0 Å². The Labute approximate surface area is 435 Å². The van der Waals surface area contributed by atoms with Crippen molar-refractivity contribution in [2.24, 2.45) is 63.1 Å². The highest BCUT2D eigenvalue weighted by Crippen LogP contribution is 2.40. The molecule has 0 spiro atoms. The molecule has 0 radical (unpaired) electrons. The Morgan fingerprint density at radius 2 is 0.701 bits per heavy atom. The molecule has 67 heavy (non-hydrogen) atoms. The summed E-state index contributed by atoms with van der Waals surface area (Å²) >= 11 is 0. The Bertz CT molecular complexity index is 813. The van der Waals surface area contributed by atoms with E-state index >= 15 is 0 Å². The normalized spacial score (nSPS) is 18.6. The van der Waals surface area contributed by atoms with Crippen molar-refractivity contribution >= 4 is 0 Å². The van der Waals surface area contributed by atoms with E-state index < -0.39 is 0 Å². The molecular weight excluding hydrogens is 805 g/mol. The predicted octanol–water partition coefficient (Wildman–Crippen LogP) is 26.3. The first-order chi connectivity index (χ1) is 31.0. The number of hydrogen-bond acceptors (Lipinski definition) is 0. The molecule has 0 saturated heterocycles. The Kier molecular flexibility index (Phi) is 65.1. The van der Waals surface area contributed by atoms with E-state index in [1.54, 1.807) is 0 Å². The molecule has 0 aromatic carbocycles. The van der Waals surface area contributed by atoms with Crippen LogP contribution >= 0.6 is 0 Å². The maximum atomic E-state index is 2.42. The summed E-state index contributed by atoms with van der Waals surface area (Å²) in [6.07, 6.45) is 39.1. The summed E-state index contributed by atoms with van der Waals surface area (Å²) in [6, 6.07) is 0. The minimum Gasteiger partial charge on any atom is -0.0683 e. The third-order valence-electron chi connectivity index (χ3n) is 14.2.